The molecule has 1 aromatic heterocycles. The Kier molecular flexibility index (Phi) is 4.66. The first kappa shape index (κ1) is 16.9. The summed E-state index contributed by atoms with van der Waals surface area (Å²) in [7, 11) is 0. The number of nitrogens with zero attached hydrogens (tertiary/aromatic N) is 1. The van der Waals surface area contributed by atoms with E-state index >= 15 is 0 Å². The Balaban J connectivity index is 1.73. The Labute approximate surface area is 141 Å². The van der Waals surface area contributed by atoms with Gasteiger partial charge in [0, 0.05) is 18.2 Å². The summed E-state index contributed by atoms with van der Waals surface area (Å²) in [6, 6.07) is 3.67. The average molecular weight is 350 g/mol. The Hall–Kier alpha value is -2.94. The number of amides is 1. The highest BCUT2D eigenvalue weighted by molar-refractivity contribution is 6.03. The van der Waals surface area contributed by atoms with Gasteiger partial charge in [0.15, 0.2) is 23.4 Å². The molecule has 0 bridgehead atoms. The van der Waals surface area contributed by atoms with E-state index in [4.69, 9.17) is 19.1 Å². The molecular weight excluding hydrogens is 335 g/mol. The number of fused-ring (bicyclic) bond motifs is 1. The SMILES string of the molecule is CC(Oc1ccc(NC(=O)c2noc3c2COCC3)cc1F)C(=O)O. The predicted octanol–water partition coefficient (Wildman–Crippen LogP) is 1.99. The number of carboxylic acids is 1. The highest BCUT2D eigenvalue weighted by atomic mass is 19.1. The van der Waals surface area contributed by atoms with E-state index in [0.717, 1.165) is 6.07 Å². The molecule has 0 radical (unpaired) electrons. The van der Waals surface area contributed by atoms with E-state index < -0.39 is 23.8 Å². The monoisotopic (exact) mass is 350 g/mol. The number of benzene rings is 1. The number of aliphatic carboxylic acids is 1. The molecule has 1 atom stereocenters. The second-order valence-corrected chi connectivity index (χ2v) is 5.43. The molecule has 1 aromatic carbocycles. The molecule has 2 N–H and O–H groups in total. The second-order valence-electron chi connectivity index (χ2n) is 5.43. The largest absolute Gasteiger partial charge is 0.479 e. The summed E-state index contributed by atoms with van der Waals surface area (Å²) in [5.74, 6) is -2.18. The Bertz CT molecular complexity index is 819. The average Bonchev–Trinajstić information content (AvgIpc) is 3.01. The van der Waals surface area contributed by atoms with Gasteiger partial charge in [-0.25, -0.2) is 9.18 Å². The van der Waals surface area contributed by atoms with Gasteiger partial charge in [-0.15, -0.1) is 0 Å². The lowest BCUT2D eigenvalue weighted by Gasteiger charge is -2.12. The van der Waals surface area contributed by atoms with Crippen LogP contribution in [0, 0.1) is 5.82 Å². The molecule has 9 heteroatoms. The van der Waals surface area contributed by atoms with E-state index in [-0.39, 0.29) is 23.7 Å². The highest BCUT2D eigenvalue weighted by Crippen LogP contribution is 2.24. The van der Waals surface area contributed by atoms with Gasteiger partial charge in [-0.3, -0.25) is 4.79 Å². The third-order valence-corrected chi connectivity index (χ3v) is 3.65. The fourth-order valence-electron chi connectivity index (χ4n) is 2.31. The number of ether oxygens (including phenoxy) is 2. The molecule has 1 aliphatic rings. The fourth-order valence-corrected chi connectivity index (χ4v) is 2.31. The van der Waals surface area contributed by atoms with Gasteiger partial charge in [0.1, 0.15) is 5.76 Å². The Morgan fingerprint density at radius 2 is 2.24 bits per heavy atom. The van der Waals surface area contributed by atoms with Crippen LogP contribution >= 0.6 is 0 Å². The van der Waals surface area contributed by atoms with E-state index in [9.17, 15) is 14.0 Å². The molecular formula is C16H15FN2O6. The summed E-state index contributed by atoms with van der Waals surface area (Å²) < 4.78 is 29.4. The summed E-state index contributed by atoms with van der Waals surface area (Å²) in [6.45, 7) is 2.02. The van der Waals surface area contributed by atoms with Crippen molar-refractivity contribution >= 4 is 17.6 Å². The first-order chi connectivity index (χ1) is 12.0. The zero-order valence-electron chi connectivity index (χ0n) is 13.2. The summed E-state index contributed by atoms with van der Waals surface area (Å²) in [6.07, 6.45) is -0.658. The molecule has 1 unspecified atom stereocenters. The minimum Gasteiger partial charge on any atom is -0.479 e. The number of anilines is 1. The standard InChI is InChI=1S/C16H15FN2O6/c1-8(16(21)22)24-13-3-2-9(6-11(13)17)18-15(20)14-10-7-23-5-4-12(10)25-19-14/h2-3,6,8H,4-5,7H2,1H3,(H,18,20)(H,21,22). The second kappa shape index (κ2) is 6.89. The van der Waals surface area contributed by atoms with Crippen molar-refractivity contribution in [2.75, 3.05) is 11.9 Å². The van der Waals surface area contributed by atoms with Crippen LogP contribution < -0.4 is 10.1 Å². The van der Waals surface area contributed by atoms with Crippen LogP contribution in [-0.4, -0.2) is 34.9 Å². The summed E-state index contributed by atoms with van der Waals surface area (Å²) in [5, 5.41) is 15.0. The van der Waals surface area contributed by atoms with Gasteiger partial charge in [-0.2, -0.15) is 0 Å². The quantitative estimate of drug-likeness (QED) is 0.848. The Morgan fingerprint density at radius 3 is 2.96 bits per heavy atom. The number of hydrogen-bond donors (Lipinski definition) is 2. The van der Waals surface area contributed by atoms with Gasteiger partial charge in [-0.05, 0) is 19.1 Å². The lowest BCUT2D eigenvalue weighted by molar-refractivity contribution is -0.144. The number of hydrogen-bond acceptors (Lipinski definition) is 6. The molecule has 0 aliphatic carbocycles. The fraction of sp³-hybridized carbons (Fsp3) is 0.312. The molecule has 2 aromatic rings. The molecule has 8 nitrogen and oxygen atoms in total. The van der Waals surface area contributed by atoms with Crippen LogP contribution in [0.1, 0.15) is 28.7 Å². The molecule has 1 amide bonds. The summed E-state index contributed by atoms with van der Waals surface area (Å²) >= 11 is 0. The number of rotatable bonds is 5. The van der Waals surface area contributed by atoms with Crippen LogP contribution in [0.2, 0.25) is 0 Å². The van der Waals surface area contributed by atoms with Gasteiger partial charge in [0.25, 0.3) is 5.91 Å². The molecule has 0 saturated carbocycles. The molecule has 3 rings (SSSR count). The number of carbonyl (C=O) groups excluding carboxylic acids is 1. The van der Waals surface area contributed by atoms with Gasteiger partial charge in [0.2, 0.25) is 0 Å². The number of halogens is 1. The molecule has 1 aliphatic heterocycles. The van der Waals surface area contributed by atoms with Crippen molar-refractivity contribution in [1.29, 1.82) is 0 Å². The first-order valence-corrected chi connectivity index (χ1v) is 7.51. The molecule has 2 heterocycles. The van der Waals surface area contributed by atoms with E-state index in [0.29, 0.717) is 24.4 Å². The van der Waals surface area contributed by atoms with Gasteiger partial charge < -0.3 is 24.4 Å². The van der Waals surface area contributed by atoms with Crippen molar-refractivity contribution in [3.8, 4) is 5.75 Å². The van der Waals surface area contributed by atoms with Crippen molar-refractivity contribution in [1.82, 2.24) is 5.16 Å². The number of carboxylic acid groups (broad SMARTS) is 1. The summed E-state index contributed by atoms with van der Waals surface area (Å²) in [5.41, 5.74) is 0.848. The minimum absolute atomic E-state index is 0.0925. The lowest BCUT2D eigenvalue weighted by atomic mass is 10.1. The van der Waals surface area contributed by atoms with E-state index in [1.165, 1.54) is 19.1 Å². The van der Waals surface area contributed by atoms with Crippen molar-refractivity contribution in [2.24, 2.45) is 0 Å². The highest BCUT2D eigenvalue weighted by Gasteiger charge is 2.25. The molecule has 25 heavy (non-hydrogen) atoms. The zero-order valence-corrected chi connectivity index (χ0v) is 13.2. The maximum absolute atomic E-state index is 14.0. The smallest absolute Gasteiger partial charge is 0.344 e. The van der Waals surface area contributed by atoms with Crippen molar-refractivity contribution in [3.05, 3.63) is 41.0 Å². The van der Waals surface area contributed by atoms with Crippen molar-refractivity contribution < 1.29 is 33.1 Å². The molecule has 0 spiro atoms. The normalized spacial score (nSPS) is 14.5. The third kappa shape index (κ3) is 3.61. The third-order valence-electron chi connectivity index (χ3n) is 3.65. The predicted molar refractivity (Wildman–Crippen MR) is 81.9 cm³/mol. The minimum atomic E-state index is -1.21. The van der Waals surface area contributed by atoms with Crippen LogP contribution in [-0.2, 0) is 22.6 Å². The van der Waals surface area contributed by atoms with Crippen molar-refractivity contribution in [2.45, 2.75) is 26.1 Å². The topological polar surface area (TPSA) is 111 Å². The Morgan fingerprint density at radius 1 is 1.44 bits per heavy atom. The maximum Gasteiger partial charge on any atom is 0.344 e. The molecule has 0 fully saturated rings. The van der Waals surface area contributed by atoms with Gasteiger partial charge in [-0.1, -0.05) is 5.16 Å². The van der Waals surface area contributed by atoms with Crippen molar-refractivity contribution in [3.63, 3.8) is 0 Å². The van der Waals surface area contributed by atoms with E-state index in [2.05, 4.69) is 10.5 Å². The van der Waals surface area contributed by atoms with Gasteiger partial charge >= 0.3 is 5.97 Å². The molecule has 132 valence electrons. The maximum atomic E-state index is 14.0. The number of nitrogens with one attached hydrogen (secondary N) is 1. The number of carbonyl (C=O) groups is 2. The van der Waals surface area contributed by atoms with Crippen LogP contribution in [0.4, 0.5) is 10.1 Å². The molecule has 0 saturated heterocycles. The van der Waals surface area contributed by atoms with Crippen LogP contribution in [0.15, 0.2) is 22.7 Å². The van der Waals surface area contributed by atoms with Crippen LogP contribution in [0.5, 0.6) is 5.75 Å². The summed E-state index contributed by atoms with van der Waals surface area (Å²) in [4.78, 5) is 23.0. The van der Waals surface area contributed by atoms with E-state index in [1.807, 2.05) is 0 Å². The van der Waals surface area contributed by atoms with Crippen LogP contribution in [0.3, 0.4) is 0 Å². The number of aromatic nitrogens is 1. The first-order valence-electron chi connectivity index (χ1n) is 7.51. The lowest BCUT2D eigenvalue weighted by Crippen LogP contribution is -2.23. The zero-order chi connectivity index (χ0) is 18.0. The van der Waals surface area contributed by atoms with Crippen LogP contribution in [0.25, 0.3) is 0 Å². The van der Waals surface area contributed by atoms with Gasteiger partial charge in [0.05, 0.1) is 18.8 Å². The van der Waals surface area contributed by atoms with E-state index in [1.54, 1.807) is 0 Å².